The van der Waals surface area contributed by atoms with E-state index in [1.165, 1.54) is 0 Å². The van der Waals surface area contributed by atoms with Gasteiger partial charge in [-0.15, -0.1) is 0 Å². The molecule has 0 aliphatic heterocycles. The van der Waals surface area contributed by atoms with E-state index in [-0.39, 0.29) is 5.91 Å². The van der Waals surface area contributed by atoms with Crippen LogP contribution in [0.15, 0.2) is 73.1 Å². The number of nitrogens with one attached hydrogen (secondary N) is 2. The first-order chi connectivity index (χ1) is 17.6. The van der Waals surface area contributed by atoms with E-state index in [0.29, 0.717) is 35.2 Å². The Morgan fingerprint density at radius 2 is 1.67 bits per heavy atom. The molecule has 0 fully saturated rings. The first-order valence-electron chi connectivity index (χ1n) is 11.8. The van der Waals surface area contributed by atoms with Gasteiger partial charge in [0.1, 0.15) is 12.0 Å². The fourth-order valence-electron chi connectivity index (χ4n) is 3.50. The number of benzene rings is 2. The minimum absolute atomic E-state index is 0.378. The third kappa shape index (κ3) is 6.94. The number of aromatic nitrogens is 2. The largest absolute Gasteiger partial charge is 0.494 e. The van der Waals surface area contributed by atoms with E-state index in [1.807, 2.05) is 62.5 Å². The van der Waals surface area contributed by atoms with E-state index in [4.69, 9.17) is 15.6 Å². The van der Waals surface area contributed by atoms with Crippen LogP contribution in [0.5, 0.6) is 5.75 Å². The number of pyridine rings is 2. The summed E-state index contributed by atoms with van der Waals surface area (Å²) in [5.41, 5.74) is 7.10. The number of carbonyl (C=O) groups is 2. The standard InChI is InChI=1S/C25H25N5O2.C3H6O/c1-27-12-2-14-32-20-9-7-18(8-10-20)17-3-5-19(6-4-17)24-15-21(25(31)30-26)22-16-28-13-11-23(22)29-24;1-2-3-4/h3-11,13,15-16,27H,2,12,14,26H2,1H3,(H,30,31);3H,2H2,1H3. The zero-order chi connectivity index (χ0) is 25.8. The van der Waals surface area contributed by atoms with Gasteiger partial charge in [-0.1, -0.05) is 43.3 Å². The van der Waals surface area contributed by atoms with Gasteiger partial charge < -0.3 is 14.8 Å². The molecule has 4 aromatic rings. The Morgan fingerprint density at radius 1 is 1.03 bits per heavy atom. The second kappa shape index (κ2) is 13.7. The molecule has 2 aromatic heterocycles. The maximum atomic E-state index is 12.3. The van der Waals surface area contributed by atoms with E-state index >= 15 is 0 Å². The van der Waals surface area contributed by atoms with Gasteiger partial charge >= 0.3 is 0 Å². The highest BCUT2D eigenvalue weighted by Gasteiger charge is 2.13. The van der Waals surface area contributed by atoms with Gasteiger partial charge in [0, 0.05) is 29.8 Å². The van der Waals surface area contributed by atoms with Crippen LogP contribution in [0.25, 0.3) is 33.3 Å². The highest BCUT2D eigenvalue weighted by molar-refractivity contribution is 6.06. The van der Waals surface area contributed by atoms with Gasteiger partial charge in [0.15, 0.2) is 0 Å². The summed E-state index contributed by atoms with van der Waals surface area (Å²) in [6, 6.07) is 19.7. The Labute approximate surface area is 210 Å². The molecule has 1 amide bonds. The van der Waals surface area contributed by atoms with Crippen molar-refractivity contribution >= 4 is 23.1 Å². The molecule has 36 heavy (non-hydrogen) atoms. The number of carbonyl (C=O) groups excluding carboxylic acids is 2. The summed E-state index contributed by atoms with van der Waals surface area (Å²) in [7, 11) is 1.93. The molecular formula is C28H31N5O3. The quantitative estimate of drug-likeness (QED) is 0.107. The average Bonchev–Trinajstić information content (AvgIpc) is 2.95. The lowest BCUT2D eigenvalue weighted by Crippen LogP contribution is -2.30. The molecular weight excluding hydrogens is 454 g/mol. The minimum Gasteiger partial charge on any atom is -0.494 e. The Balaban J connectivity index is 0.000000840. The van der Waals surface area contributed by atoms with E-state index in [2.05, 4.69) is 15.7 Å². The lowest BCUT2D eigenvalue weighted by molar-refractivity contribution is -0.107. The topological polar surface area (TPSA) is 119 Å². The highest BCUT2D eigenvalue weighted by Crippen LogP contribution is 2.28. The molecule has 8 nitrogen and oxygen atoms in total. The maximum Gasteiger partial charge on any atom is 0.265 e. The molecule has 0 bridgehead atoms. The van der Waals surface area contributed by atoms with Crippen molar-refractivity contribution in [3.8, 4) is 28.1 Å². The Bertz CT molecular complexity index is 1270. The molecule has 8 heteroatoms. The summed E-state index contributed by atoms with van der Waals surface area (Å²) in [5, 5.41) is 3.77. The monoisotopic (exact) mass is 485 g/mol. The number of fused-ring (bicyclic) bond motifs is 1. The number of nitrogens with two attached hydrogens (primary N) is 1. The minimum atomic E-state index is -0.378. The molecule has 2 heterocycles. The summed E-state index contributed by atoms with van der Waals surface area (Å²) in [5.74, 6) is 5.85. The lowest BCUT2D eigenvalue weighted by atomic mass is 10.0. The molecule has 0 saturated heterocycles. The summed E-state index contributed by atoms with van der Waals surface area (Å²) in [4.78, 5) is 30.2. The number of hydrogen-bond donors (Lipinski definition) is 3. The van der Waals surface area contributed by atoms with Gasteiger partial charge in [-0.3, -0.25) is 15.2 Å². The fourth-order valence-corrected chi connectivity index (χ4v) is 3.50. The summed E-state index contributed by atoms with van der Waals surface area (Å²) < 4.78 is 5.76. The molecule has 0 spiro atoms. The molecule has 0 radical (unpaired) electrons. The van der Waals surface area contributed by atoms with Gasteiger partial charge in [-0.05, 0) is 55.4 Å². The van der Waals surface area contributed by atoms with Gasteiger partial charge in [0.05, 0.1) is 23.4 Å². The third-order valence-corrected chi connectivity index (χ3v) is 5.36. The van der Waals surface area contributed by atoms with Gasteiger partial charge in [-0.25, -0.2) is 10.8 Å². The van der Waals surface area contributed by atoms with E-state index in [1.54, 1.807) is 24.5 Å². The normalized spacial score (nSPS) is 10.3. The van der Waals surface area contributed by atoms with E-state index < -0.39 is 0 Å². The molecule has 186 valence electrons. The average molecular weight is 486 g/mol. The van der Waals surface area contributed by atoms with Crippen LogP contribution in [0, 0.1) is 0 Å². The number of amides is 1. The molecule has 0 atom stereocenters. The van der Waals surface area contributed by atoms with Crippen LogP contribution in [-0.2, 0) is 4.79 Å². The number of ether oxygens (including phenoxy) is 1. The van der Waals surface area contributed by atoms with Crippen molar-refractivity contribution in [2.24, 2.45) is 5.84 Å². The maximum absolute atomic E-state index is 12.3. The van der Waals surface area contributed by atoms with Crippen molar-refractivity contribution in [3.63, 3.8) is 0 Å². The van der Waals surface area contributed by atoms with Crippen molar-refractivity contribution in [1.29, 1.82) is 0 Å². The van der Waals surface area contributed by atoms with E-state index in [0.717, 1.165) is 41.7 Å². The summed E-state index contributed by atoms with van der Waals surface area (Å²) >= 11 is 0. The molecule has 0 saturated carbocycles. The van der Waals surface area contributed by atoms with Crippen LogP contribution in [0.1, 0.15) is 30.1 Å². The van der Waals surface area contributed by atoms with Crippen molar-refractivity contribution in [2.45, 2.75) is 19.8 Å². The van der Waals surface area contributed by atoms with Gasteiger partial charge in [0.2, 0.25) is 0 Å². The Kier molecular flexibility index (Phi) is 10.1. The van der Waals surface area contributed by atoms with Crippen LogP contribution in [0.3, 0.4) is 0 Å². The first-order valence-corrected chi connectivity index (χ1v) is 11.8. The number of rotatable bonds is 9. The number of hydrogen-bond acceptors (Lipinski definition) is 7. The molecule has 2 aromatic carbocycles. The molecule has 0 aliphatic rings. The van der Waals surface area contributed by atoms with Gasteiger partial charge in [0.25, 0.3) is 5.91 Å². The van der Waals surface area contributed by atoms with E-state index in [9.17, 15) is 9.59 Å². The van der Waals surface area contributed by atoms with Crippen LogP contribution in [0.2, 0.25) is 0 Å². The number of hydrazine groups is 1. The highest BCUT2D eigenvalue weighted by atomic mass is 16.5. The smallest absolute Gasteiger partial charge is 0.265 e. The number of aldehydes is 1. The Morgan fingerprint density at radius 3 is 2.28 bits per heavy atom. The fraction of sp³-hybridized carbons (Fsp3) is 0.214. The summed E-state index contributed by atoms with van der Waals surface area (Å²) in [6.45, 7) is 3.44. The van der Waals surface area contributed by atoms with Crippen molar-refractivity contribution in [1.82, 2.24) is 20.7 Å². The predicted octanol–water partition coefficient (Wildman–Crippen LogP) is 4.15. The van der Waals surface area contributed by atoms with Crippen LogP contribution >= 0.6 is 0 Å². The van der Waals surface area contributed by atoms with Crippen molar-refractivity contribution in [2.75, 3.05) is 20.2 Å². The van der Waals surface area contributed by atoms with Crippen LogP contribution < -0.4 is 21.3 Å². The second-order valence-corrected chi connectivity index (χ2v) is 7.90. The molecule has 0 unspecified atom stereocenters. The SMILES string of the molecule is CCC=O.CNCCCOc1ccc(-c2ccc(-c3cc(C(=O)NN)c4cnccc4n3)cc2)cc1. The first kappa shape index (κ1) is 26.5. The molecule has 4 N–H and O–H groups in total. The zero-order valence-electron chi connectivity index (χ0n) is 20.5. The number of nitrogen functional groups attached to an aromatic ring is 1. The predicted molar refractivity (Wildman–Crippen MR) is 142 cm³/mol. The van der Waals surface area contributed by atoms with Gasteiger partial charge in [-0.2, -0.15) is 0 Å². The Hall–Kier alpha value is -4.14. The molecule has 4 rings (SSSR count). The lowest BCUT2D eigenvalue weighted by Gasteiger charge is -2.10. The second-order valence-electron chi connectivity index (χ2n) is 7.90. The van der Waals surface area contributed by atoms with Crippen LogP contribution in [0.4, 0.5) is 0 Å². The number of nitrogens with zero attached hydrogens (tertiary/aromatic N) is 2. The van der Waals surface area contributed by atoms with Crippen molar-refractivity contribution in [3.05, 3.63) is 78.6 Å². The zero-order valence-corrected chi connectivity index (χ0v) is 20.5. The third-order valence-electron chi connectivity index (χ3n) is 5.36. The van der Waals surface area contributed by atoms with Crippen LogP contribution in [-0.4, -0.2) is 42.4 Å². The van der Waals surface area contributed by atoms with Crippen molar-refractivity contribution < 1.29 is 14.3 Å². The molecule has 0 aliphatic carbocycles. The summed E-state index contributed by atoms with van der Waals surface area (Å²) in [6.07, 6.45) is 5.75.